The van der Waals surface area contributed by atoms with Gasteiger partial charge in [0.1, 0.15) is 0 Å². The van der Waals surface area contributed by atoms with Crippen molar-refractivity contribution >= 4 is 0 Å². The van der Waals surface area contributed by atoms with E-state index in [1.165, 1.54) is 58.3 Å². The average Bonchev–Trinajstić information content (AvgIpc) is 2.59. The van der Waals surface area contributed by atoms with Gasteiger partial charge in [-0.1, -0.05) is 50.7 Å². The minimum atomic E-state index is -0.106. The van der Waals surface area contributed by atoms with Crippen LogP contribution in [0, 0.1) is 6.92 Å². The van der Waals surface area contributed by atoms with Crippen molar-refractivity contribution in [3.05, 3.63) is 33.1 Å². The van der Waals surface area contributed by atoms with Crippen molar-refractivity contribution in [1.29, 1.82) is 0 Å². The molecule has 0 unspecified atom stereocenters. The second-order valence-corrected chi connectivity index (χ2v) is 6.40. The molecule has 0 amide bonds. The smallest absolute Gasteiger partial charge is 0.238 e. The minimum absolute atomic E-state index is 0.106. The lowest BCUT2D eigenvalue weighted by molar-refractivity contribution is 0.339. The second kappa shape index (κ2) is 11.0. The van der Waals surface area contributed by atoms with Gasteiger partial charge >= 0.3 is 0 Å². The van der Waals surface area contributed by atoms with Crippen LogP contribution in [0.2, 0.25) is 0 Å². The number of rotatable bonds is 11. The summed E-state index contributed by atoms with van der Waals surface area (Å²) in [6, 6.07) is 0. The van der Waals surface area contributed by atoms with Crippen LogP contribution in [0.5, 0.6) is 11.6 Å². The van der Waals surface area contributed by atoms with E-state index in [0.717, 1.165) is 12.1 Å². The summed E-state index contributed by atoms with van der Waals surface area (Å²) in [5.74, 6) is 0.636. The van der Waals surface area contributed by atoms with Gasteiger partial charge < -0.3 is 14.5 Å². The number of nitrogens with one attached hydrogen (secondary N) is 1. The summed E-state index contributed by atoms with van der Waals surface area (Å²) in [5, 5.41) is 0. The van der Waals surface area contributed by atoms with Gasteiger partial charge in [-0.2, -0.15) is 0 Å². The van der Waals surface area contributed by atoms with Crippen LogP contribution in [0.25, 0.3) is 0 Å². The number of allylic oxidation sites excluding steroid dienone is 2. The number of ether oxygens (including phenoxy) is 2. The number of H-pyrrole nitrogens is 1. The van der Waals surface area contributed by atoms with Crippen molar-refractivity contribution in [3.63, 3.8) is 0 Å². The van der Waals surface area contributed by atoms with E-state index in [-0.39, 0.29) is 11.2 Å². The van der Waals surface area contributed by atoms with Crippen molar-refractivity contribution in [2.75, 3.05) is 14.2 Å². The maximum Gasteiger partial charge on any atom is 0.238 e. The lowest BCUT2D eigenvalue weighted by atomic mass is 10.0. The van der Waals surface area contributed by atoms with E-state index in [1.54, 1.807) is 0 Å². The highest BCUT2D eigenvalue weighted by Gasteiger charge is 2.14. The van der Waals surface area contributed by atoms with Gasteiger partial charge in [0.2, 0.25) is 17.1 Å². The Hall–Kier alpha value is -1.71. The Bertz CT molecular complexity index is 587. The van der Waals surface area contributed by atoms with Gasteiger partial charge in [-0.15, -0.1) is 0 Å². The Morgan fingerprint density at radius 2 is 1.75 bits per heavy atom. The van der Waals surface area contributed by atoms with Crippen molar-refractivity contribution in [1.82, 2.24) is 4.98 Å². The highest BCUT2D eigenvalue weighted by molar-refractivity contribution is 5.40. The van der Waals surface area contributed by atoms with E-state index in [2.05, 4.69) is 24.9 Å². The molecule has 136 valence electrons. The topological polar surface area (TPSA) is 51.3 Å². The molecule has 0 aliphatic carbocycles. The van der Waals surface area contributed by atoms with E-state index >= 15 is 0 Å². The zero-order valence-corrected chi connectivity index (χ0v) is 16.0. The average molecular weight is 335 g/mol. The fourth-order valence-electron chi connectivity index (χ4n) is 2.79. The first-order valence-electron chi connectivity index (χ1n) is 9.04. The monoisotopic (exact) mass is 335 g/mol. The Morgan fingerprint density at radius 3 is 2.38 bits per heavy atom. The summed E-state index contributed by atoms with van der Waals surface area (Å²) in [6.07, 6.45) is 11.9. The number of hydrogen-bond donors (Lipinski definition) is 1. The summed E-state index contributed by atoms with van der Waals surface area (Å²) in [7, 11) is 3.02. The molecule has 1 heterocycles. The molecule has 0 aliphatic heterocycles. The van der Waals surface area contributed by atoms with Crippen LogP contribution in [-0.2, 0) is 6.42 Å². The van der Waals surface area contributed by atoms with Crippen molar-refractivity contribution in [2.24, 2.45) is 0 Å². The Kier molecular flexibility index (Phi) is 9.28. The highest BCUT2D eigenvalue weighted by atomic mass is 16.5. The van der Waals surface area contributed by atoms with Crippen molar-refractivity contribution < 1.29 is 9.47 Å². The van der Waals surface area contributed by atoms with Crippen LogP contribution in [0.15, 0.2) is 16.4 Å². The lowest BCUT2D eigenvalue weighted by Gasteiger charge is -2.11. The molecule has 0 spiro atoms. The minimum Gasteiger partial charge on any atom is -0.488 e. The number of methoxy groups -OCH3 is 2. The molecule has 24 heavy (non-hydrogen) atoms. The lowest BCUT2D eigenvalue weighted by Crippen LogP contribution is -2.15. The molecule has 0 aliphatic rings. The number of aromatic nitrogens is 1. The maximum atomic E-state index is 12.3. The van der Waals surface area contributed by atoms with E-state index in [4.69, 9.17) is 9.47 Å². The van der Waals surface area contributed by atoms with Crippen LogP contribution in [-0.4, -0.2) is 19.2 Å². The Balaban J connectivity index is 2.62. The maximum absolute atomic E-state index is 12.3. The molecule has 0 saturated carbocycles. The quantitative estimate of drug-likeness (QED) is 0.460. The summed E-state index contributed by atoms with van der Waals surface area (Å²) in [6.45, 7) is 6.24. The van der Waals surface area contributed by atoms with Crippen molar-refractivity contribution in [2.45, 2.75) is 72.1 Å². The molecule has 4 nitrogen and oxygen atoms in total. The molecule has 0 atom stereocenters. The molecule has 4 heteroatoms. The van der Waals surface area contributed by atoms with E-state index in [1.807, 2.05) is 6.92 Å². The van der Waals surface area contributed by atoms with E-state index in [9.17, 15) is 4.79 Å². The molecule has 1 aromatic heterocycles. The van der Waals surface area contributed by atoms with Crippen molar-refractivity contribution in [3.8, 4) is 11.6 Å². The normalized spacial score (nSPS) is 11.6. The van der Waals surface area contributed by atoms with Crippen LogP contribution < -0.4 is 14.9 Å². The molecule has 0 bridgehead atoms. The second-order valence-electron chi connectivity index (χ2n) is 6.40. The predicted molar refractivity (Wildman–Crippen MR) is 100 cm³/mol. The first-order valence-corrected chi connectivity index (χ1v) is 9.04. The van der Waals surface area contributed by atoms with Gasteiger partial charge in [0.25, 0.3) is 0 Å². The summed E-state index contributed by atoms with van der Waals surface area (Å²) >= 11 is 0. The number of aromatic amines is 1. The fraction of sp³-hybridized carbons (Fsp3) is 0.650. The highest BCUT2D eigenvalue weighted by Crippen LogP contribution is 2.22. The zero-order chi connectivity index (χ0) is 17.9. The third-order valence-corrected chi connectivity index (χ3v) is 4.46. The molecule has 1 aromatic rings. The Labute approximate surface area is 146 Å². The number of unbranched alkanes of at least 4 members (excludes halogenated alkanes) is 5. The molecular formula is C20H33NO3. The predicted octanol–water partition coefficient (Wildman–Crippen LogP) is 4.94. The number of hydrogen-bond acceptors (Lipinski definition) is 3. The van der Waals surface area contributed by atoms with E-state index in [0.29, 0.717) is 17.9 Å². The molecular weight excluding hydrogens is 302 g/mol. The SMILES string of the molecule is CCCCCCCC/C(C)=C/Cc1[nH]c(OC)c(OC)c(=O)c1C. The van der Waals surface area contributed by atoms with Gasteiger partial charge in [0.15, 0.2) is 0 Å². The van der Waals surface area contributed by atoms with Crippen LogP contribution >= 0.6 is 0 Å². The van der Waals surface area contributed by atoms with Crippen LogP contribution in [0.4, 0.5) is 0 Å². The first kappa shape index (κ1) is 20.3. The first-order chi connectivity index (χ1) is 11.5. The van der Waals surface area contributed by atoms with Crippen LogP contribution in [0.3, 0.4) is 0 Å². The largest absolute Gasteiger partial charge is 0.488 e. The third kappa shape index (κ3) is 6.06. The van der Waals surface area contributed by atoms with Crippen LogP contribution in [0.1, 0.15) is 70.1 Å². The van der Waals surface area contributed by atoms with Gasteiger partial charge in [0, 0.05) is 17.7 Å². The van der Waals surface area contributed by atoms with Gasteiger partial charge in [-0.05, 0) is 26.7 Å². The van der Waals surface area contributed by atoms with E-state index < -0.39 is 0 Å². The molecule has 0 aromatic carbocycles. The molecule has 0 saturated heterocycles. The van der Waals surface area contributed by atoms with Gasteiger partial charge in [0.05, 0.1) is 14.2 Å². The standard InChI is InChI=1S/C20H33NO3/c1-6-7-8-9-10-11-12-15(2)13-14-17-16(3)18(22)19(23-4)20(21-17)24-5/h13H,6-12,14H2,1-5H3,(H,21,22)/b15-13+. The summed E-state index contributed by atoms with van der Waals surface area (Å²) in [5.41, 5.74) is 2.85. The molecule has 1 rings (SSSR count). The Morgan fingerprint density at radius 1 is 1.08 bits per heavy atom. The molecule has 0 radical (unpaired) electrons. The molecule has 0 fully saturated rings. The van der Waals surface area contributed by atoms with Gasteiger partial charge in [-0.25, -0.2) is 0 Å². The van der Waals surface area contributed by atoms with Gasteiger partial charge in [-0.3, -0.25) is 4.79 Å². The zero-order valence-electron chi connectivity index (χ0n) is 16.0. The summed E-state index contributed by atoms with van der Waals surface area (Å²) in [4.78, 5) is 15.5. The molecule has 1 N–H and O–H groups in total. The number of pyridine rings is 1. The fourth-order valence-corrected chi connectivity index (χ4v) is 2.79. The third-order valence-electron chi connectivity index (χ3n) is 4.46. The summed E-state index contributed by atoms with van der Waals surface area (Å²) < 4.78 is 10.4.